The molecule has 118 valence electrons. The van der Waals surface area contributed by atoms with Crippen LogP contribution in [0.25, 0.3) is 0 Å². The van der Waals surface area contributed by atoms with Gasteiger partial charge in [-0.2, -0.15) is 12.7 Å². The van der Waals surface area contributed by atoms with Crippen molar-refractivity contribution >= 4 is 10.2 Å². The molecule has 1 aliphatic heterocycles. The molecule has 21 heavy (non-hydrogen) atoms. The lowest BCUT2D eigenvalue weighted by atomic mass is 9.84. The molecule has 1 aromatic carbocycles. The molecule has 1 N–H and O–H groups in total. The molecule has 1 aromatic rings. The lowest BCUT2D eigenvalue weighted by molar-refractivity contribution is 0.171. The minimum atomic E-state index is -3.43. The van der Waals surface area contributed by atoms with E-state index in [4.69, 9.17) is 9.47 Å². The largest absolute Gasteiger partial charge is 0.486 e. The lowest BCUT2D eigenvalue weighted by Crippen LogP contribution is -2.42. The van der Waals surface area contributed by atoms with E-state index in [0.717, 1.165) is 15.6 Å². The van der Waals surface area contributed by atoms with Gasteiger partial charge in [0.05, 0.1) is 0 Å². The van der Waals surface area contributed by atoms with Gasteiger partial charge in [0, 0.05) is 26.1 Å². The van der Waals surface area contributed by atoms with Crippen LogP contribution in [0, 0.1) is 0 Å². The maximum atomic E-state index is 11.8. The zero-order chi connectivity index (χ0) is 15.7. The third kappa shape index (κ3) is 3.66. The number of rotatable bonds is 5. The smallest absolute Gasteiger partial charge is 0.278 e. The zero-order valence-electron chi connectivity index (χ0n) is 12.8. The van der Waals surface area contributed by atoms with Crippen LogP contribution in [0.5, 0.6) is 11.5 Å². The van der Waals surface area contributed by atoms with Crippen LogP contribution in [0.1, 0.15) is 19.4 Å². The molecule has 0 amide bonds. The summed E-state index contributed by atoms with van der Waals surface area (Å²) in [5.74, 6) is 1.44. The average molecular weight is 314 g/mol. The van der Waals surface area contributed by atoms with E-state index in [0.29, 0.717) is 25.5 Å². The van der Waals surface area contributed by atoms with Gasteiger partial charge < -0.3 is 9.47 Å². The van der Waals surface area contributed by atoms with E-state index < -0.39 is 10.2 Å². The first kappa shape index (κ1) is 16.1. The maximum absolute atomic E-state index is 11.8. The first-order valence-corrected chi connectivity index (χ1v) is 8.24. The predicted octanol–water partition coefficient (Wildman–Crippen LogP) is 1.13. The van der Waals surface area contributed by atoms with Gasteiger partial charge in [-0.15, -0.1) is 0 Å². The van der Waals surface area contributed by atoms with E-state index >= 15 is 0 Å². The Hall–Kier alpha value is -1.31. The summed E-state index contributed by atoms with van der Waals surface area (Å²) in [6.07, 6.45) is 0. The molecular weight excluding hydrogens is 292 g/mol. The lowest BCUT2D eigenvalue weighted by Gasteiger charge is -2.28. The van der Waals surface area contributed by atoms with Gasteiger partial charge in [0.1, 0.15) is 13.2 Å². The van der Waals surface area contributed by atoms with Crippen molar-refractivity contribution < 1.29 is 17.9 Å². The SMILES string of the molecule is CN(C)S(=O)(=O)NCC(C)(C)c1ccc2c(c1)OCCO2. The Morgan fingerprint density at radius 1 is 1.19 bits per heavy atom. The van der Waals surface area contributed by atoms with Gasteiger partial charge in [-0.1, -0.05) is 19.9 Å². The predicted molar refractivity (Wildman–Crippen MR) is 81.1 cm³/mol. The van der Waals surface area contributed by atoms with Gasteiger partial charge in [0.25, 0.3) is 10.2 Å². The summed E-state index contributed by atoms with van der Waals surface area (Å²) < 4.78 is 38.4. The van der Waals surface area contributed by atoms with Gasteiger partial charge in [0.15, 0.2) is 11.5 Å². The Morgan fingerprint density at radius 2 is 1.81 bits per heavy atom. The molecular formula is C14H22N2O4S. The summed E-state index contributed by atoms with van der Waals surface area (Å²) in [5, 5.41) is 0. The first-order valence-electron chi connectivity index (χ1n) is 6.80. The summed E-state index contributed by atoms with van der Waals surface area (Å²) in [6, 6.07) is 5.72. The van der Waals surface area contributed by atoms with Crippen molar-refractivity contribution in [3.05, 3.63) is 23.8 Å². The van der Waals surface area contributed by atoms with Crippen LogP contribution in [0.2, 0.25) is 0 Å². The number of nitrogens with one attached hydrogen (secondary N) is 1. The summed E-state index contributed by atoms with van der Waals surface area (Å²) in [6.45, 7) is 5.35. The normalized spacial score (nSPS) is 15.3. The molecule has 0 saturated carbocycles. The van der Waals surface area contributed by atoms with Gasteiger partial charge in [-0.3, -0.25) is 0 Å². The molecule has 6 nitrogen and oxygen atoms in total. The number of ether oxygens (including phenoxy) is 2. The highest BCUT2D eigenvalue weighted by Crippen LogP contribution is 2.34. The highest BCUT2D eigenvalue weighted by molar-refractivity contribution is 7.87. The Labute approximate surface area is 126 Å². The minimum Gasteiger partial charge on any atom is -0.486 e. The van der Waals surface area contributed by atoms with Crippen molar-refractivity contribution in [3.8, 4) is 11.5 Å². The molecule has 7 heteroatoms. The van der Waals surface area contributed by atoms with Crippen molar-refractivity contribution in [2.24, 2.45) is 0 Å². The first-order chi connectivity index (χ1) is 9.72. The molecule has 0 unspecified atom stereocenters. The molecule has 2 rings (SSSR count). The second-order valence-electron chi connectivity index (χ2n) is 5.85. The van der Waals surface area contributed by atoms with Crippen LogP contribution in [0.15, 0.2) is 18.2 Å². The molecule has 0 bridgehead atoms. The van der Waals surface area contributed by atoms with Crippen molar-refractivity contribution in [1.29, 1.82) is 0 Å². The summed E-state index contributed by atoms with van der Waals surface area (Å²) >= 11 is 0. The second kappa shape index (κ2) is 5.82. The van der Waals surface area contributed by atoms with Crippen LogP contribution in [0.4, 0.5) is 0 Å². The Bertz CT molecular complexity index is 611. The number of nitrogens with zero attached hydrogens (tertiary/aromatic N) is 1. The second-order valence-corrected chi connectivity index (χ2v) is 7.82. The number of hydrogen-bond acceptors (Lipinski definition) is 4. The van der Waals surface area contributed by atoms with Crippen LogP contribution in [-0.4, -0.2) is 46.6 Å². The van der Waals surface area contributed by atoms with Crippen molar-refractivity contribution in [2.75, 3.05) is 33.9 Å². The fourth-order valence-corrected chi connectivity index (χ4v) is 2.77. The third-order valence-electron chi connectivity index (χ3n) is 3.50. The van der Waals surface area contributed by atoms with Gasteiger partial charge >= 0.3 is 0 Å². The average Bonchev–Trinajstić information content (AvgIpc) is 2.45. The van der Waals surface area contributed by atoms with E-state index in [1.165, 1.54) is 14.1 Å². The van der Waals surface area contributed by atoms with Gasteiger partial charge in [0.2, 0.25) is 0 Å². The molecule has 0 atom stereocenters. The summed E-state index contributed by atoms with van der Waals surface area (Å²) in [5.41, 5.74) is 0.632. The van der Waals surface area contributed by atoms with E-state index in [-0.39, 0.29) is 5.41 Å². The molecule has 0 aromatic heterocycles. The fourth-order valence-electron chi connectivity index (χ4n) is 1.97. The van der Waals surface area contributed by atoms with Crippen LogP contribution in [0.3, 0.4) is 0 Å². The Balaban J connectivity index is 2.16. The molecule has 1 aliphatic rings. The van der Waals surface area contributed by atoms with Crippen LogP contribution < -0.4 is 14.2 Å². The van der Waals surface area contributed by atoms with E-state index in [2.05, 4.69) is 4.72 Å². The zero-order valence-corrected chi connectivity index (χ0v) is 13.7. The summed E-state index contributed by atoms with van der Waals surface area (Å²) in [4.78, 5) is 0. The van der Waals surface area contributed by atoms with E-state index in [1.807, 2.05) is 32.0 Å². The van der Waals surface area contributed by atoms with Crippen LogP contribution >= 0.6 is 0 Å². The molecule has 0 fully saturated rings. The molecule has 0 radical (unpaired) electrons. The Morgan fingerprint density at radius 3 is 2.43 bits per heavy atom. The van der Waals surface area contributed by atoms with Crippen molar-refractivity contribution in [1.82, 2.24) is 9.03 Å². The fraction of sp³-hybridized carbons (Fsp3) is 0.571. The Kier molecular flexibility index (Phi) is 4.46. The topological polar surface area (TPSA) is 67.9 Å². The number of fused-ring (bicyclic) bond motifs is 1. The summed E-state index contributed by atoms with van der Waals surface area (Å²) in [7, 11) is -0.431. The molecule has 0 saturated heterocycles. The molecule has 0 aliphatic carbocycles. The van der Waals surface area contributed by atoms with Gasteiger partial charge in [-0.25, -0.2) is 4.72 Å². The third-order valence-corrected chi connectivity index (χ3v) is 4.97. The number of hydrogen-bond donors (Lipinski definition) is 1. The van der Waals surface area contributed by atoms with E-state index in [1.54, 1.807) is 0 Å². The highest BCUT2D eigenvalue weighted by atomic mass is 32.2. The van der Waals surface area contributed by atoms with Crippen molar-refractivity contribution in [3.63, 3.8) is 0 Å². The van der Waals surface area contributed by atoms with Crippen molar-refractivity contribution in [2.45, 2.75) is 19.3 Å². The molecule has 0 spiro atoms. The monoisotopic (exact) mass is 314 g/mol. The standard InChI is InChI=1S/C14H22N2O4S/c1-14(2,10-15-21(17,18)16(3)4)11-5-6-12-13(9-11)20-8-7-19-12/h5-6,9,15H,7-8,10H2,1-4H3. The van der Waals surface area contributed by atoms with E-state index in [9.17, 15) is 8.42 Å². The minimum absolute atomic E-state index is 0.299. The maximum Gasteiger partial charge on any atom is 0.278 e. The number of benzene rings is 1. The van der Waals surface area contributed by atoms with Gasteiger partial charge in [-0.05, 0) is 17.7 Å². The quantitative estimate of drug-likeness (QED) is 0.885. The molecule has 1 heterocycles. The van der Waals surface area contributed by atoms with Crippen LogP contribution in [-0.2, 0) is 15.6 Å². The highest BCUT2D eigenvalue weighted by Gasteiger charge is 2.26.